The number of imide groups is 1. The molecule has 0 saturated carbocycles. The third-order valence-electron chi connectivity index (χ3n) is 4.70. The van der Waals surface area contributed by atoms with Crippen LogP contribution in [0.5, 0.6) is 0 Å². The summed E-state index contributed by atoms with van der Waals surface area (Å²) in [4.78, 5) is 27.1. The summed E-state index contributed by atoms with van der Waals surface area (Å²) in [5, 5.41) is 0. The fraction of sp³-hybridized carbons (Fsp3) is 0.579. The van der Waals surface area contributed by atoms with Crippen LogP contribution < -0.4 is 0 Å². The highest BCUT2D eigenvalue weighted by atomic mass is 16.2. The molecule has 120 valence electrons. The van der Waals surface area contributed by atoms with Crippen LogP contribution in [0.15, 0.2) is 30.3 Å². The van der Waals surface area contributed by atoms with Crippen LogP contribution in [0.3, 0.4) is 0 Å². The van der Waals surface area contributed by atoms with E-state index in [4.69, 9.17) is 0 Å². The van der Waals surface area contributed by atoms with Crippen molar-refractivity contribution in [2.45, 2.75) is 53.5 Å². The third-order valence-corrected chi connectivity index (χ3v) is 4.70. The summed E-state index contributed by atoms with van der Waals surface area (Å²) in [6.07, 6.45) is 1.43. The Labute approximate surface area is 133 Å². The van der Waals surface area contributed by atoms with Crippen molar-refractivity contribution in [3.63, 3.8) is 0 Å². The van der Waals surface area contributed by atoms with Crippen LogP contribution in [0.4, 0.5) is 0 Å². The zero-order valence-corrected chi connectivity index (χ0v) is 14.3. The lowest BCUT2D eigenvalue weighted by atomic mass is 9.87. The number of rotatable bonds is 4. The van der Waals surface area contributed by atoms with Gasteiger partial charge in [0.25, 0.3) is 0 Å². The van der Waals surface area contributed by atoms with E-state index in [1.165, 1.54) is 4.90 Å². The number of carbonyl (C=O) groups is 2. The Bertz CT molecular complexity index is 548. The second-order valence-electron chi connectivity index (χ2n) is 7.49. The fourth-order valence-corrected chi connectivity index (χ4v) is 3.42. The molecule has 1 heterocycles. The molecule has 2 amide bonds. The van der Waals surface area contributed by atoms with Crippen LogP contribution >= 0.6 is 0 Å². The second-order valence-corrected chi connectivity index (χ2v) is 7.49. The molecule has 0 bridgehead atoms. The molecule has 0 N–H and O–H groups in total. The second kappa shape index (κ2) is 6.23. The first-order valence-corrected chi connectivity index (χ1v) is 8.15. The highest BCUT2D eigenvalue weighted by molar-refractivity contribution is 6.01. The minimum Gasteiger partial charge on any atom is -0.279 e. The van der Waals surface area contributed by atoms with Crippen molar-refractivity contribution in [3.05, 3.63) is 35.9 Å². The molecule has 2 rings (SSSR count). The normalized spacial score (nSPS) is 22.2. The summed E-state index contributed by atoms with van der Waals surface area (Å²) in [6.45, 7) is 9.95. The monoisotopic (exact) mass is 301 g/mol. The lowest BCUT2D eigenvalue weighted by Crippen LogP contribution is -2.44. The van der Waals surface area contributed by atoms with Gasteiger partial charge in [0.05, 0.1) is 0 Å². The standard InChI is InChI=1S/C19H27NO2/c1-13(2)16(11-15-9-7-6-8-10-15)17(21)20-14(3)12-19(4,5)18(20)22/h6-10,13-14,16H,11-12H2,1-5H3/t14-,16-/m1/s1. The minimum atomic E-state index is -0.427. The Morgan fingerprint density at radius 1 is 1.27 bits per heavy atom. The van der Waals surface area contributed by atoms with E-state index in [-0.39, 0.29) is 29.7 Å². The van der Waals surface area contributed by atoms with Gasteiger partial charge in [-0.1, -0.05) is 58.0 Å². The van der Waals surface area contributed by atoms with Crippen LogP contribution in [0.2, 0.25) is 0 Å². The molecule has 0 spiro atoms. The van der Waals surface area contributed by atoms with Gasteiger partial charge in [0.2, 0.25) is 11.8 Å². The average molecular weight is 301 g/mol. The molecular weight excluding hydrogens is 274 g/mol. The predicted octanol–water partition coefficient (Wildman–Crippen LogP) is 3.67. The molecule has 1 aromatic carbocycles. The molecule has 2 atom stereocenters. The summed E-state index contributed by atoms with van der Waals surface area (Å²) >= 11 is 0. The quantitative estimate of drug-likeness (QED) is 0.851. The molecular formula is C19H27NO2. The van der Waals surface area contributed by atoms with Gasteiger partial charge < -0.3 is 0 Å². The summed E-state index contributed by atoms with van der Waals surface area (Å²) in [5.41, 5.74) is 0.719. The summed E-state index contributed by atoms with van der Waals surface area (Å²) in [5.74, 6) is 0.0183. The summed E-state index contributed by atoms with van der Waals surface area (Å²) < 4.78 is 0. The van der Waals surface area contributed by atoms with E-state index >= 15 is 0 Å². The van der Waals surface area contributed by atoms with Crippen LogP contribution in [-0.4, -0.2) is 22.8 Å². The molecule has 3 heteroatoms. The number of hydrogen-bond acceptors (Lipinski definition) is 2. The molecule has 1 aliphatic rings. The minimum absolute atomic E-state index is 0.00739. The molecule has 0 radical (unpaired) electrons. The van der Waals surface area contributed by atoms with Crippen LogP contribution in [-0.2, 0) is 16.0 Å². The Balaban J connectivity index is 2.22. The maximum absolute atomic E-state index is 13.0. The number of likely N-dealkylation sites (tertiary alicyclic amines) is 1. The predicted molar refractivity (Wildman–Crippen MR) is 88.2 cm³/mol. The van der Waals surface area contributed by atoms with Gasteiger partial charge in [0.1, 0.15) is 0 Å². The van der Waals surface area contributed by atoms with Gasteiger partial charge in [-0.05, 0) is 31.2 Å². The molecule has 0 aliphatic carbocycles. The van der Waals surface area contributed by atoms with E-state index < -0.39 is 5.41 Å². The molecule has 3 nitrogen and oxygen atoms in total. The zero-order chi connectivity index (χ0) is 16.5. The Morgan fingerprint density at radius 2 is 1.86 bits per heavy atom. The molecule has 1 saturated heterocycles. The van der Waals surface area contributed by atoms with Crippen molar-refractivity contribution >= 4 is 11.8 Å². The zero-order valence-electron chi connectivity index (χ0n) is 14.3. The van der Waals surface area contributed by atoms with Gasteiger partial charge >= 0.3 is 0 Å². The number of hydrogen-bond donors (Lipinski definition) is 0. The lowest BCUT2D eigenvalue weighted by Gasteiger charge is -2.28. The van der Waals surface area contributed by atoms with Crippen molar-refractivity contribution in [2.75, 3.05) is 0 Å². The molecule has 22 heavy (non-hydrogen) atoms. The average Bonchev–Trinajstić information content (AvgIpc) is 2.65. The van der Waals surface area contributed by atoms with E-state index in [0.717, 1.165) is 12.0 Å². The van der Waals surface area contributed by atoms with Crippen LogP contribution in [0, 0.1) is 17.3 Å². The van der Waals surface area contributed by atoms with E-state index in [0.29, 0.717) is 6.42 Å². The first kappa shape index (κ1) is 16.7. The first-order chi connectivity index (χ1) is 10.2. The van der Waals surface area contributed by atoms with Crippen molar-refractivity contribution in [3.8, 4) is 0 Å². The van der Waals surface area contributed by atoms with Crippen molar-refractivity contribution < 1.29 is 9.59 Å². The van der Waals surface area contributed by atoms with E-state index in [9.17, 15) is 9.59 Å². The molecule has 1 aliphatic heterocycles. The fourth-order valence-electron chi connectivity index (χ4n) is 3.42. The van der Waals surface area contributed by atoms with Crippen molar-refractivity contribution in [1.29, 1.82) is 0 Å². The number of benzene rings is 1. The van der Waals surface area contributed by atoms with Crippen molar-refractivity contribution in [1.82, 2.24) is 4.90 Å². The van der Waals surface area contributed by atoms with E-state index in [1.54, 1.807) is 0 Å². The van der Waals surface area contributed by atoms with E-state index in [2.05, 4.69) is 13.8 Å². The van der Waals surface area contributed by atoms with Gasteiger partial charge in [-0.2, -0.15) is 0 Å². The third kappa shape index (κ3) is 3.23. The van der Waals surface area contributed by atoms with Gasteiger partial charge in [0, 0.05) is 17.4 Å². The van der Waals surface area contributed by atoms with Gasteiger partial charge in [-0.15, -0.1) is 0 Å². The number of carbonyl (C=O) groups excluding carboxylic acids is 2. The highest BCUT2D eigenvalue weighted by Gasteiger charge is 2.47. The smallest absolute Gasteiger partial charge is 0.235 e. The van der Waals surface area contributed by atoms with Crippen LogP contribution in [0.25, 0.3) is 0 Å². The molecule has 0 unspecified atom stereocenters. The molecule has 1 aromatic rings. The van der Waals surface area contributed by atoms with Crippen molar-refractivity contribution in [2.24, 2.45) is 17.3 Å². The SMILES string of the molecule is CC(C)[C@@H](Cc1ccccc1)C(=O)N1C(=O)C(C)(C)C[C@H]1C. The molecule has 0 aromatic heterocycles. The Kier molecular flexibility index (Phi) is 4.74. The Hall–Kier alpha value is -1.64. The first-order valence-electron chi connectivity index (χ1n) is 8.15. The number of amides is 2. The maximum atomic E-state index is 13.0. The largest absolute Gasteiger partial charge is 0.279 e. The van der Waals surface area contributed by atoms with Gasteiger partial charge in [-0.25, -0.2) is 0 Å². The summed E-state index contributed by atoms with van der Waals surface area (Å²) in [6, 6.07) is 10.0. The van der Waals surface area contributed by atoms with Gasteiger partial charge in [-0.3, -0.25) is 14.5 Å². The van der Waals surface area contributed by atoms with Crippen LogP contribution in [0.1, 0.15) is 46.6 Å². The molecule has 1 fully saturated rings. The van der Waals surface area contributed by atoms with E-state index in [1.807, 2.05) is 51.1 Å². The van der Waals surface area contributed by atoms with Gasteiger partial charge in [0.15, 0.2) is 0 Å². The maximum Gasteiger partial charge on any atom is 0.235 e. The number of nitrogens with zero attached hydrogens (tertiary/aromatic N) is 1. The highest BCUT2D eigenvalue weighted by Crippen LogP contribution is 2.37. The Morgan fingerprint density at radius 3 is 2.32 bits per heavy atom. The summed E-state index contributed by atoms with van der Waals surface area (Å²) in [7, 11) is 0. The lowest BCUT2D eigenvalue weighted by molar-refractivity contribution is -0.150. The topological polar surface area (TPSA) is 37.4 Å².